The number of carbonyl (C=O) groups is 1. The number of rotatable bonds is 8. The molecule has 0 saturated heterocycles. The number of aromatic amines is 1. The number of halogens is 2. The van der Waals surface area contributed by atoms with Crippen molar-refractivity contribution >= 4 is 34.5 Å². The number of hydrogen-bond donors (Lipinski definition) is 2. The van der Waals surface area contributed by atoms with E-state index in [0.717, 1.165) is 29.6 Å². The molecule has 0 radical (unpaired) electrons. The number of ketones is 1. The Bertz CT molecular complexity index is 1300. The van der Waals surface area contributed by atoms with E-state index < -0.39 is 23.0 Å². The van der Waals surface area contributed by atoms with Gasteiger partial charge in [-0.3, -0.25) is 4.79 Å². The molecule has 2 N–H and O–H groups in total. The monoisotopic (exact) mass is 467 g/mol. The van der Waals surface area contributed by atoms with Crippen molar-refractivity contribution in [3.05, 3.63) is 71.6 Å². The van der Waals surface area contributed by atoms with E-state index in [1.807, 2.05) is 20.8 Å². The van der Waals surface area contributed by atoms with Gasteiger partial charge < -0.3 is 9.71 Å². The maximum absolute atomic E-state index is 15.1. The molecule has 3 heterocycles. The predicted molar refractivity (Wildman–Crippen MR) is 127 cm³/mol. The Morgan fingerprint density at radius 2 is 1.85 bits per heavy atom. The summed E-state index contributed by atoms with van der Waals surface area (Å²) in [4.78, 5) is 29.2. The molecule has 0 atom stereocenters. The van der Waals surface area contributed by atoms with Crippen LogP contribution in [0.1, 0.15) is 54.9 Å². The first kappa shape index (κ1) is 22.8. The SMILES string of the molecule is CCCSNc1ccc(F)c(C(=O)c2c[nH]c3ncc(-c4cnc(C(C)C)nc4)cc23)c1F. The zero-order chi connectivity index (χ0) is 23.5. The molecule has 0 spiro atoms. The lowest BCUT2D eigenvalue weighted by Crippen LogP contribution is -2.09. The summed E-state index contributed by atoms with van der Waals surface area (Å²) < 4.78 is 32.5. The summed E-state index contributed by atoms with van der Waals surface area (Å²) in [5.74, 6) is -0.922. The van der Waals surface area contributed by atoms with Crippen molar-refractivity contribution in [2.24, 2.45) is 0 Å². The van der Waals surface area contributed by atoms with Crippen LogP contribution in [0.3, 0.4) is 0 Å². The molecule has 4 rings (SSSR count). The van der Waals surface area contributed by atoms with Crippen LogP contribution in [-0.2, 0) is 0 Å². The van der Waals surface area contributed by atoms with Gasteiger partial charge in [0.05, 0.1) is 11.3 Å². The molecular weight excluding hydrogens is 444 g/mol. The number of pyridine rings is 1. The van der Waals surface area contributed by atoms with E-state index in [9.17, 15) is 9.18 Å². The van der Waals surface area contributed by atoms with E-state index in [-0.39, 0.29) is 17.2 Å². The third kappa shape index (κ3) is 4.59. The van der Waals surface area contributed by atoms with Crippen LogP contribution in [0.4, 0.5) is 14.5 Å². The Morgan fingerprint density at radius 1 is 1.12 bits per heavy atom. The fourth-order valence-electron chi connectivity index (χ4n) is 3.34. The number of nitrogens with one attached hydrogen (secondary N) is 2. The number of anilines is 1. The Labute approximate surface area is 194 Å². The minimum absolute atomic E-state index is 0.0687. The number of aromatic nitrogens is 4. The van der Waals surface area contributed by atoms with Crippen LogP contribution in [0, 0.1) is 11.6 Å². The molecule has 0 aliphatic rings. The quantitative estimate of drug-likeness (QED) is 0.184. The molecule has 3 aromatic heterocycles. The molecule has 0 amide bonds. The highest BCUT2D eigenvalue weighted by Crippen LogP contribution is 2.30. The third-order valence-corrected chi connectivity index (χ3v) is 6.08. The van der Waals surface area contributed by atoms with Gasteiger partial charge in [0, 0.05) is 58.5 Å². The summed E-state index contributed by atoms with van der Waals surface area (Å²) in [6, 6.07) is 4.13. The first-order valence-corrected chi connectivity index (χ1v) is 11.6. The molecule has 4 aromatic rings. The molecule has 33 heavy (non-hydrogen) atoms. The van der Waals surface area contributed by atoms with Crippen molar-refractivity contribution in [3.8, 4) is 11.1 Å². The summed E-state index contributed by atoms with van der Waals surface area (Å²) >= 11 is 1.30. The molecular formula is C24H23F2N5OS. The van der Waals surface area contributed by atoms with Gasteiger partial charge in [-0.05, 0) is 24.6 Å². The molecule has 0 aliphatic heterocycles. The molecule has 6 nitrogen and oxygen atoms in total. The lowest BCUT2D eigenvalue weighted by Gasteiger charge is -2.10. The Kier molecular flexibility index (Phi) is 6.69. The van der Waals surface area contributed by atoms with Crippen LogP contribution in [0.15, 0.2) is 43.0 Å². The third-order valence-electron chi connectivity index (χ3n) is 5.10. The minimum atomic E-state index is -0.917. The smallest absolute Gasteiger partial charge is 0.201 e. The largest absolute Gasteiger partial charge is 0.345 e. The zero-order valence-corrected chi connectivity index (χ0v) is 19.3. The molecule has 0 bridgehead atoms. The van der Waals surface area contributed by atoms with Gasteiger partial charge in [-0.15, -0.1) is 0 Å². The van der Waals surface area contributed by atoms with E-state index in [2.05, 4.69) is 24.7 Å². The number of benzene rings is 1. The summed E-state index contributed by atoms with van der Waals surface area (Å²) in [5, 5.41) is 0.461. The summed E-state index contributed by atoms with van der Waals surface area (Å²) in [6.45, 7) is 6.01. The second-order valence-corrected chi connectivity index (χ2v) is 8.77. The Morgan fingerprint density at radius 3 is 2.55 bits per heavy atom. The van der Waals surface area contributed by atoms with Gasteiger partial charge in [-0.2, -0.15) is 0 Å². The van der Waals surface area contributed by atoms with E-state index in [4.69, 9.17) is 0 Å². The van der Waals surface area contributed by atoms with Gasteiger partial charge in [0.1, 0.15) is 17.3 Å². The fourth-order valence-corrected chi connectivity index (χ4v) is 3.96. The van der Waals surface area contributed by atoms with Crippen LogP contribution in [-0.4, -0.2) is 31.5 Å². The van der Waals surface area contributed by atoms with Crippen molar-refractivity contribution < 1.29 is 13.6 Å². The van der Waals surface area contributed by atoms with Crippen LogP contribution in [0.2, 0.25) is 0 Å². The molecule has 9 heteroatoms. The summed E-state index contributed by atoms with van der Waals surface area (Å²) in [7, 11) is 0. The number of fused-ring (bicyclic) bond motifs is 1. The molecule has 0 fully saturated rings. The van der Waals surface area contributed by atoms with Gasteiger partial charge in [-0.25, -0.2) is 23.7 Å². The maximum atomic E-state index is 15.1. The highest BCUT2D eigenvalue weighted by Gasteiger charge is 2.24. The van der Waals surface area contributed by atoms with Crippen LogP contribution in [0.5, 0.6) is 0 Å². The molecule has 1 aromatic carbocycles. The second-order valence-electron chi connectivity index (χ2n) is 7.87. The molecule has 170 valence electrons. The van der Waals surface area contributed by atoms with Crippen molar-refractivity contribution in [1.82, 2.24) is 19.9 Å². The van der Waals surface area contributed by atoms with E-state index >= 15 is 4.39 Å². The van der Waals surface area contributed by atoms with Gasteiger partial charge in [0.15, 0.2) is 5.82 Å². The van der Waals surface area contributed by atoms with Gasteiger partial charge in [-0.1, -0.05) is 32.7 Å². The van der Waals surface area contributed by atoms with E-state index in [1.165, 1.54) is 24.2 Å². The second kappa shape index (κ2) is 9.66. The fraction of sp³-hybridized carbons (Fsp3) is 0.250. The Balaban J connectivity index is 1.72. The zero-order valence-electron chi connectivity index (χ0n) is 18.4. The first-order valence-electron chi connectivity index (χ1n) is 10.6. The van der Waals surface area contributed by atoms with Gasteiger partial charge >= 0.3 is 0 Å². The Hall–Kier alpha value is -3.33. The summed E-state index contributed by atoms with van der Waals surface area (Å²) in [5.41, 5.74) is 1.46. The van der Waals surface area contributed by atoms with Crippen molar-refractivity contribution in [2.75, 3.05) is 10.5 Å². The normalized spacial score (nSPS) is 11.3. The number of H-pyrrole nitrogens is 1. The number of carbonyl (C=O) groups excluding carboxylic acids is 1. The van der Waals surface area contributed by atoms with Crippen LogP contribution < -0.4 is 4.72 Å². The minimum Gasteiger partial charge on any atom is -0.345 e. The highest BCUT2D eigenvalue weighted by atomic mass is 32.2. The van der Waals surface area contributed by atoms with Crippen molar-refractivity contribution in [2.45, 2.75) is 33.1 Å². The van der Waals surface area contributed by atoms with Gasteiger partial charge in [0.25, 0.3) is 0 Å². The average Bonchev–Trinajstić information content (AvgIpc) is 3.24. The van der Waals surface area contributed by atoms with E-state index in [1.54, 1.807) is 24.7 Å². The van der Waals surface area contributed by atoms with Crippen LogP contribution in [0.25, 0.3) is 22.2 Å². The summed E-state index contributed by atoms with van der Waals surface area (Å²) in [6.07, 6.45) is 7.34. The topological polar surface area (TPSA) is 83.6 Å². The van der Waals surface area contributed by atoms with Crippen molar-refractivity contribution in [1.29, 1.82) is 0 Å². The maximum Gasteiger partial charge on any atom is 0.201 e. The highest BCUT2D eigenvalue weighted by molar-refractivity contribution is 8.00. The number of hydrogen-bond acceptors (Lipinski definition) is 6. The molecule has 0 unspecified atom stereocenters. The number of nitrogens with zero attached hydrogens (tertiary/aromatic N) is 3. The van der Waals surface area contributed by atoms with Crippen LogP contribution >= 0.6 is 11.9 Å². The average molecular weight is 468 g/mol. The standard InChI is InChI=1S/C24H23F2N5OS/c1-4-7-33-31-19-6-5-18(25)20(21(19)26)22(32)17-12-30-24-16(17)8-14(9-29-24)15-10-27-23(13(2)3)28-11-15/h5-6,8-13,31H,4,7H2,1-3H3,(H,29,30). The van der Waals surface area contributed by atoms with E-state index in [0.29, 0.717) is 16.6 Å². The van der Waals surface area contributed by atoms with Gasteiger partial charge in [0.2, 0.25) is 5.78 Å². The first-order chi connectivity index (χ1) is 15.9. The predicted octanol–water partition coefficient (Wildman–Crippen LogP) is 6.12. The molecule has 0 aliphatic carbocycles. The lowest BCUT2D eigenvalue weighted by atomic mass is 10.0. The lowest BCUT2D eigenvalue weighted by molar-refractivity contribution is 0.103. The van der Waals surface area contributed by atoms with Crippen molar-refractivity contribution in [3.63, 3.8) is 0 Å². The molecule has 0 saturated carbocycles.